The van der Waals surface area contributed by atoms with Crippen LogP contribution in [0, 0.1) is 5.92 Å². The molecule has 1 aromatic carbocycles. The first-order chi connectivity index (χ1) is 10.9. The van der Waals surface area contributed by atoms with Crippen molar-refractivity contribution in [3.05, 3.63) is 35.4 Å². The molecular formula is C17H28N2O3S. The molecule has 2 rings (SSSR count). The number of rotatable bonds is 7. The topological polar surface area (TPSA) is 58.6 Å². The van der Waals surface area contributed by atoms with Crippen LogP contribution in [0.3, 0.4) is 0 Å². The highest BCUT2D eigenvalue weighted by molar-refractivity contribution is 7.88. The number of nitrogens with one attached hydrogen (secondary N) is 1. The molecule has 1 aromatic rings. The lowest BCUT2D eigenvalue weighted by Gasteiger charge is -2.37. The minimum Gasteiger partial charge on any atom is -0.380 e. The summed E-state index contributed by atoms with van der Waals surface area (Å²) < 4.78 is 30.2. The number of hydrogen-bond acceptors (Lipinski definition) is 4. The average molecular weight is 340 g/mol. The molecule has 0 spiro atoms. The molecule has 0 aromatic heterocycles. The standard InChI is InChI=1S/C17H28N2O3S/c1-4-16-12-19(23(3,20)21)10-9-17(16)18-11-14-5-7-15(8-6-14)13-22-2/h5-8,16-18H,4,9-13H2,1-3H3/t16-,17+/m0/s1. The van der Waals surface area contributed by atoms with Gasteiger partial charge >= 0.3 is 0 Å². The van der Waals surface area contributed by atoms with Crippen LogP contribution >= 0.6 is 0 Å². The number of benzene rings is 1. The van der Waals surface area contributed by atoms with Crippen LogP contribution in [0.2, 0.25) is 0 Å². The Balaban J connectivity index is 1.90. The van der Waals surface area contributed by atoms with Crippen LogP contribution in [0.4, 0.5) is 0 Å². The summed E-state index contributed by atoms with van der Waals surface area (Å²) in [6.45, 7) is 4.81. The van der Waals surface area contributed by atoms with Crippen molar-refractivity contribution < 1.29 is 13.2 Å². The van der Waals surface area contributed by atoms with Crippen LogP contribution in [0.5, 0.6) is 0 Å². The van der Waals surface area contributed by atoms with Crippen LogP contribution in [0.15, 0.2) is 24.3 Å². The lowest BCUT2D eigenvalue weighted by molar-refractivity contribution is 0.185. The Kier molecular flexibility index (Phi) is 6.59. The maximum absolute atomic E-state index is 11.7. The average Bonchev–Trinajstić information content (AvgIpc) is 2.53. The smallest absolute Gasteiger partial charge is 0.211 e. The van der Waals surface area contributed by atoms with Gasteiger partial charge < -0.3 is 10.1 Å². The third kappa shape index (κ3) is 5.28. The van der Waals surface area contributed by atoms with E-state index in [0.717, 1.165) is 19.4 Å². The second kappa shape index (κ2) is 8.24. The monoisotopic (exact) mass is 340 g/mol. The van der Waals surface area contributed by atoms with Gasteiger partial charge in [0.1, 0.15) is 0 Å². The van der Waals surface area contributed by atoms with E-state index < -0.39 is 10.0 Å². The Morgan fingerprint density at radius 3 is 2.48 bits per heavy atom. The van der Waals surface area contributed by atoms with Crippen molar-refractivity contribution in [3.63, 3.8) is 0 Å². The summed E-state index contributed by atoms with van der Waals surface area (Å²) in [7, 11) is -1.38. The van der Waals surface area contributed by atoms with E-state index in [1.165, 1.54) is 17.4 Å². The molecule has 6 heteroatoms. The number of ether oxygens (including phenoxy) is 1. The molecule has 0 bridgehead atoms. The van der Waals surface area contributed by atoms with E-state index in [1.807, 2.05) is 0 Å². The first-order valence-corrected chi connectivity index (χ1v) is 10.0. The molecule has 0 aliphatic carbocycles. The zero-order valence-corrected chi connectivity index (χ0v) is 15.1. The molecule has 0 amide bonds. The molecule has 0 saturated carbocycles. The van der Waals surface area contributed by atoms with Gasteiger partial charge in [-0.25, -0.2) is 12.7 Å². The van der Waals surface area contributed by atoms with Gasteiger partial charge in [0.05, 0.1) is 12.9 Å². The van der Waals surface area contributed by atoms with E-state index in [-0.39, 0.29) is 0 Å². The summed E-state index contributed by atoms with van der Waals surface area (Å²) >= 11 is 0. The zero-order chi connectivity index (χ0) is 16.9. The molecular weight excluding hydrogens is 312 g/mol. The Labute approximate surface area is 140 Å². The Morgan fingerprint density at radius 1 is 1.26 bits per heavy atom. The van der Waals surface area contributed by atoms with Gasteiger partial charge in [0.25, 0.3) is 0 Å². The molecule has 1 aliphatic rings. The number of methoxy groups -OCH3 is 1. The molecule has 1 saturated heterocycles. The Bertz CT molecular complexity index is 586. The predicted octanol–water partition coefficient (Wildman–Crippen LogP) is 1.98. The van der Waals surface area contributed by atoms with Crippen LogP contribution in [0.1, 0.15) is 30.9 Å². The van der Waals surface area contributed by atoms with Crippen LogP contribution < -0.4 is 5.32 Å². The van der Waals surface area contributed by atoms with Gasteiger partial charge in [0.2, 0.25) is 10.0 Å². The van der Waals surface area contributed by atoms with Crippen molar-refractivity contribution in [2.75, 3.05) is 26.5 Å². The first kappa shape index (κ1) is 18.4. The van der Waals surface area contributed by atoms with E-state index in [4.69, 9.17) is 4.74 Å². The fraction of sp³-hybridized carbons (Fsp3) is 0.647. The lowest BCUT2D eigenvalue weighted by atomic mass is 9.91. The predicted molar refractivity (Wildman–Crippen MR) is 92.6 cm³/mol. The molecule has 130 valence electrons. The van der Waals surface area contributed by atoms with Crippen LogP contribution in [-0.4, -0.2) is 45.2 Å². The quantitative estimate of drug-likeness (QED) is 0.825. The second-order valence-corrected chi connectivity index (χ2v) is 8.30. The molecule has 1 heterocycles. The Morgan fingerprint density at radius 2 is 1.91 bits per heavy atom. The summed E-state index contributed by atoms with van der Waals surface area (Å²) in [5, 5.41) is 3.61. The van der Waals surface area contributed by atoms with Crippen molar-refractivity contribution in [2.24, 2.45) is 5.92 Å². The molecule has 23 heavy (non-hydrogen) atoms. The normalized spacial score (nSPS) is 23.1. The molecule has 0 radical (unpaired) electrons. The Hall–Kier alpha value is -0.950. The van der Waals surface area contributed by atoms with Gasteiger partial charge in [-0.1, -0.05) is 37.6 Å². The summed E-state index contributed by atoms with van der Waals surface area (Å²) in [4.78, 5) is 0. The minimum atomic E-state index is -3.08. The van der Waals surface area contributed by atoms with E-state index in [9.17, 15) is 8.42 Å². The largest absolute Gasteiger partial charge is 0.380 e. The van der Waals surface area contributed by atoms with Crippen molar-refractivity contribution >= 4 is 10.0 Å². The number of piperidine rings is 1. The number of sulfonamides is 1. The van der Waals surface area contributed by atoms with Gasteiger partial charge in [-0.05, 0) is 23.5 Å². The molecule has 0 unspecified atom stereocenters. The van der Waals surface area contributed by atoms with Crippen molar-refractivity contribution in [1.29, 1.82) is 0 Å². The minimum absolute atomic E-state index is 0.367. The SMILES string of the molecule is CC[C@H]1CN(S(C)(=O)=O)CC[C@H]1NCc1ccc(COC)cc1. The van der Waals surface area contributed by atoms with Gasteiger partial charge in [0, 0.05) is 32.8 Å². The number of nitrogens with zero attached hydrogens (tertiary/aromatic N) is 1. The fourth-order valence-corrected chi connectivity index (χ4v) is 4.05. The highest BCUT2D eigenvalue weighted by Gasteiger charge is 2.31. The lowest BCUT2D eigenvalue weighted by Crippen LogP contribution is -2.50. The van der Waals surface area contributed by atoms with E-state index in [1.54, 1.807) is 11.4 Å². The first-order valence-electron chi connectivity index (χ1n) is 8.19. The van der Waals surface area contributed by atoms with Gasteiger partial charge in [-0.15, -0.1) is 0 Å². The van der Waals surface area contributed by atoms with Gasteiger partial charge in [-0.2, -0.15) is 0 Å². The molecule has 1 aliphatic heterocycles. The van der Waals surface area contributed by atoms with Crippen molar-refractivity contribution in [3.8, 4) is 0 Å². The summed E-state index contributed by atoms with van der Waals surface area (Å²) in [5.74, 6) is 0.367. The second-order valence-electron chi connectivity index (χ2n) is 6.31. The van der Waals surface area contributed by atoms with Crippen molar-refractivity contribution in [1.82, 2.24) is 9.62 Å². The van der Waals surface area contributed by atoms with E-state index in [0.29, 0.717) is 31.7 Å². The maximum atomic E-state index is 11.7. The van der Waals surface area contributed by atoms with E-state index >= 15 is 0 Å². The third-order valence-electron chi connectivity index (χ3n) is 4.59. The highest BCUT2D eigenvalue weighted by Crippen LogP contribution is 2.22. The van der Waals surface area contributed by atoms with Gasteiger partial charge in [0.15, 0.2) is 0 Å². The molecule has 5 nitrogen and oxygen atoms in total. The van der Waals surface area contributed by atoms with E-state index in [2.05, 4.69) is 36.5 Å². The zero-order valence-electron chi connectivity index (χ0n) is 14.3. The van der Waals surface area contributed by atoms with Gasteiger partial charge in [-0.3, -0.25) is 0 Å². The molecule has 1 fully saturated rings. The molecule has 2 atom stereocenters. The van der Waals surface area contributed by atoms with Crippen molar-refractivity contribution in [2.45, 2.75) is 39.0 Å². The fourth-order valence-electron chi connectivity index (χ4n) is 3.15. The van der Waals surface area contributed by atoms with Crippen LogP contribution in [-0.2, 0) is 27.9 Å². The third-order valence-corrected chi connectivity index (χ3v) is 5.86. The summed E-state index contributed by atoms with van der Waals surface area (Å²) in [5.41, 5.74) is 2.41. The summed E-state index contributed by atoms with van der Waals surface area (Å²) in [6.07, 6.45) is 3.15. The number of hydrogen-bond donors (Lipinski definition) is 1. The summed E-state index contributed by atoms with van der Waals surface area (Å²) in [6, 6.07) is 8.78. The molecule has 1 N–H and O–H groups in total. The maximum Gasteiger partial charge on any atom is 0.211 e. The van der Waals surface area contributed by atoms with Crippen LogP contribution in [0.25, 0.3) is 0 Å². The highest BCUT2D eigenvalue weighted by atomic mass is 32.2.